The minimum atomic E-state index is 0.221. The fraction of sp³-hybridized carbons (Fsp3) is 0.294. The highest BCUT2D eigenvalue weighted by atomic mass is 16.3. The van der Waals surface area contributed by atoms with E-state index in [4.69, 9.17) is 0 Å². The molecule has 2 N–H and O–H groups in total. The van der Waals surface area contributed by atoms with Crippen molar-refractivity contribution in [2.45, 2.75) is 32.1 Å². The third-order valence-corrected chi connectivity index (χ3v) is 3.39. The predicted molar refractivity (Wildman–Crippen MR) is 77.6 cm³/mol. The first-order chi connectivity index (χ1) is 9.20. The predicted octanol–water partition coefficient (Wildman–Crippen LogP) is 4.42. The van der Waals surface area contributed by atoms with Crippen LogP contribution in [0.4, 0.5) is 0 Å². The highest BCUT2D eigenvalue weighted by Gasteiger charge is 2.14. The Labute approximate surface area is 114 Å². The van der Waals surface area contributed by atoms with Crippen molar-refractivity contribution in [3.8, 4) is 11.5 Å². The van der Waals surface area contributed by atoms with Gasteiger partial charge >= 0.3 is 0 Å². The van der Waals surface area contributed by atoms with E-state index < -0.39 is 0 Å². The second-order valence-electron chi connectivity index (χ2n) is 4.88. The number of rotatable bonds is 5. The van der Waals surface area contributed by atoms with E-state index in [0.717, 1.165) is 30.4 Å². The van der Waals surface area contributed by atoms with Crippen LogP contribution in [0.1, 0.15) is 43.2 Å². The number of phenolic OH excluding ortho intramolecular Hbond substituents is 2. The molecule has 0 aliphatic heterocycles. The average molecular weight is 256 g/mol. The van der Waals surface area contributed by atoms with Crippen molar-refractivity contribution in [1.29, 1.82) is 0 Å². The summed E-state index contributed by atoms with van der Waals surface area (Å²) in [6.45, 7) is 2.17. The summed E-state index contributed by atoms with van der Waals surface area (Å²) in [7, 11) is 0. The van der Waals surface area contributed by atoms with Crippen LogP contribution in [-0.2, 0) is 0 Å². The molecule has 0 radical (unpaired) electrons. The van der Waals surface area contributed by atoms with Gasteiger partial charge in [-0.3, -0.25) is 0 Å². The molecule has 0 unspecified atom stereocenters. The zero-order valence-electron chi connectivity index (χ0n) is 11.2. The third kappa shape index (κ3) is 3.50. The molecule has 2 rings (SSSR count). The first kappa shape index (κ1) is 13.5. The van der Waals surface area contributed by atoms with Crippen LogP contribution >= 0.6 is 0 Å². The molecule has 0 bridgehead atoms. The third-order valence-electron chi connectivity index (χ3n) is 3.39. The Balaban J connectivity index is 2.35. The summed E-state index contributed by atoms with van der Waals surface area (Å²) >= 11 is 0. The standard InChI is InChI=1S/C17H20O2/c1-2-3-10-17(13-6-4-8-15(18)11-13)14-7-5-9-16(19)12-14/h4-9,11-12,17-19H,2-3,10H2,1H3. The Morgan fingerprint density at radius 3 is 1.84 bits per heavy atom. The van der Waals surface area contributed by atoms with Gasteiger partial charge in [-0.15, -0.1) is 0 Å². The molecule has 0 aliphatic rings. The zero-order valence-corrected chi connectivity index (χ0v) is 11.2. The Hall–Kier alpha value is -1.96. The van der Waals surface area contributed by atoms with Crippen molar-refractivity contribution in [1.82, 2.24) is 0 Å². The quantitative estimate of drug-likeness (QED) is 0.831. The fourth-order valence-corrected chi connectivity index (χ4v) is 2.42. The van der Waals surface area contributed by atoms with E-state index in [1.165, 1.54) is 0 Å². The van der Waals surface area contributed by atoms with Gasteiger partial charge in [0.05, 0.1) is 0 Å². The zero-order chi connectivity index (χ0) is 13.7. The summed E-state index contributed by atoms with van der Waals surface area (Å²) in [6.07, 6.45) is 3.27. The van der Waals surface area contributed by atoms with Crippen LogP contribution < -0.4 is 0 Å². The molecular formula is C17H20O2. The number of unbranched alkanes of at least 4 members (excludes halogenated alkanes) is 1. The van der Waals surface area contributed by atoms with Crippen LogP contribution in [-0.4, -0.2) is 10.2 Å². The molecule has 2 nitrogen and oxygen atoms in total. The lowest BCUT2D eigenvalue weighted by Crippen LogP contribution is -2.01. The normalized spacial score (nSPS) is 10.8. The van der Waals surface area contributed by atoms with Crippen molar-refractivity contribution in [3.05, 3.63) is 59.7 Å². The Kier molecular flexibility index (Phi) is 4.45. The molecule has 0 fully saturated rings. The van der Waals surface area contributed by atoms with Gasteiger partial charge in [0.1, 0.15) is 11.5 Å². The van der Waals surface area contributed by atoms with E-state index in [0.29, 0.717) is 11.5 Å². The smallest absolute Gasteiger partial charge is 0.115 e. The molecule has 0 saturated heterocycles. The summed E-state index contributed by atoms with van der Waals surface area (Å²) in [5.74, 6) is 0.803. The number of hydrogen-bond acceptors (Lipinski definition) is 2. The van der Waals surface area contributed by atoms with Gasteiger partial charge < -0.3 is 10.2 Å². The molecule has 0 amide bonds. The molecule has 2 aromatic carbocycles. The lowest BCUT2D eigenvalue weighted by Gasteiger charge is -2.18. The highest BCUT2D eigenvalue weighted by Crippen LogP contribution is 2.32. The number of aromatic hydroxyl groups is 2. The molecule has 19 heavy (non-hydrogen) atoms. The lowest BCUT2D eigenvalue weighted by atomic mass is 9.87. The summed E-state index contributed by atoms with van der Waals surface area (Å²) in [5, 5.41) is 19.3. The van der Waals surface area contributed by atoms with Crippen molar-refractivity contribution in [2.24, 2.45) is 0 Å². The van der Waals surface area contributed by atoms with Crippen LogP contribution in [0, 0.1) is 0 Å². The van der Waals surface area contributed by atoms with E-state index in [1.807, 2.05) is 36.4 Å². The monoisotopic (exact) mass is 256 g/mol. The van der Waals surface area contributed by atoms with Gasteiger partial charge in [0.2, 0.25) is 0 Å². The van der Waals surface area contributed by atoms with Gasteiger partial charge in [-0.2, -0.15) is 0 Å². The van der Waals surface area contributed by atoms with Crippen molar-refractivity contribution in [3.63, 3.8) is 0 Å². The molecule has 0 aromatic heterocycles. The molecule has 100 valence electrons. The molecule has 0 spiro atoms. The summed E-state index contributed by atoms with van der Waals surface area (Å²) < 4.78 is 0. The van der Waals surface area contributed by atoms with Crippen LogP contribution in [0.25, 0.3) is 0 Å². The Morgan fingerprint density at radius 1 is 0.895 bits per heavy atom. The van der Waals surface area contributed by atoms with Gasteiger partial charge in [-0.25, -0.2) is 0 Å². The molecule has 2 heteroatoms. The topological polar surface area (TPSA) is 40.5 Å². The van der Waals surface area contributed by atoms with Crippen molar-refractivity contribution < 1.29 is 10.2 Å². The van der Waals surface area contributed by atoms with Crippen LogP contribution in [0.2, 0.25) is 0 Å². The Bertz CT molecular complexity index is 489. The average Bonchev–Trinajstić information content (AvgIpc) is 2.39. The minimum absolute atomic E-state index is 0.221. The van der Waals surface area contributed by atoms with Gasteiger partial charge in [0.15, 0.2) is 0 Å². The maximum atomic E-state index is 9.64. The summed E-state index contributed by atoms with van der Waals surface area (Å²) in [4.78, 5) is 0. The molecular weight excluding hydrogens is 236 g/mol. The number of phenols is 2. The van der Waals surface area contributed by atoms with E-state index >= 15 is 0 Å². The second kappa shape index (κ2) is 6.28. The largest absolute Gasteiger partial charge is 0.508 e. The lowest BCUT2D eigenvalue weighted by molar-refractivity contribution is 0.472. The van der Waals surface area contributed by atoms with Gasteiger partial charge in [0.25, 0.3) is 0 Å². The maximum Gasteiger partial charge on any atom is 0.115 e. The van der Waals surface area contributed by atoms with Crippen LogP contribution in [0.5, 0.6) is 11.5 Å². The van der Waals surface area contributed by atoms with Crippen LogP contribution in [0.3, 0.4) is 0 Å². The van der Waals surface area contributed by atoms with Gasteiger partial charge in [-0.1, -0.05) is 44.0 Å². The van der Waals surface area contributed by atoms with Gasteiger partial charge in [0, 0.05) is 5.92 Å². The highest BCUT2D eigenvalue weighted by molar-refractivity contribution is 5.39. The first-order valence-electron chi connectivity index (χ1n) is 6.78. The van der Waals surface area contributed by atoms with Gasteiger partial charge in [-0.05, 0) is 41.8 Å². The summed E-state index contributed by atoms with van der Waals surface area (Å²) in [5.41, 5.74) is 2.19. The minimum Gasteiger partial charge on any atom is -0.508 e. The van der Waals surface area contributed by atoms with E-state index in [9.17, 15) is 10.2 Å². The van der Waals surface area contributed by atoms with E-state index in [2.05, 4.69) is 6.92 Å². The van der Waals surface area contributed by atoms with Crippen molar-refractivity contribution >= 4 is 0 Å². The fourth-order valence-electron chi connectivity index (χ4n) is 2.42. The molecule has 0 atom stereocenters. The molecule has 2 aromatic rings. The van der Waals surface area contributed by atoms with E-state index in [-0.39, 0.29) is 5.92 Å². The van der Waals surface area contributed by atoms with Crippen LogP contribution in [0.15, 0.2) is 48.5 Å². The number of benzene rings is 2. The van der Waals surface area contributed by atoms with E-state index in [1.54, 1.807) is 12.1 Å². The van der Waals surface area contributed by atoms with Crippen molar-refractivity contribution in [2.75, 3.05) is 0 Å². The number of hydrogen-bond donors (Lipinski definition) is 2. The molecule has 0 heterocycles. The molecule has 0 saturated carbocycles. The maximum absolute atomic E-state index is 9.64. The molecule has 0 aliphatic carbocycles. The second-order valence-corrected chi connectivity index (χ2v) is 4.88. The Morgan fingerprint density at radius 2 is 1.42 bits per heavy atom. The SMILES string of the molecule is CCCCC(c1cccc(O)c1)c1cccc(O)c1. The summed E-state index contributed by atoms with van der Waals surface area (Å²) in [6, 6.07) is 14.8. The first-order valence-corrected chi connectivity index (χ1v) is 6.78.